The molecular formula is C15H24N4O3. The van der Waals surface area contributed by atoms with Gasteiger partial charge in [-0.3, -0.25) is 14.5 Å². The topological polar surface area (TPSA) is 87.5 Å². The van der Waals surface area contributed by atoms with E-state index < -0.39 is 5.97 Å². The summed E-state index contributed by atoms with van der Waals surface area (Å²) in [6.07, 6.45) is 3.14. The maximum absolute atomic E-state index is 12.4. The third kappa shape index (κ3) is 3.65. The zero-order valence-corrected chi connectivity index (χ0v) is 13.3. The maximum atomic E-state index is 12.4. The lowest BCUT2D eigenvalue weighted by Gasteiger charge is -2.34. The highest BCUT2D eigenvalue weighted by Crippen LogP contribution is 2.20. The van der Waals surface area contributed by atoms with Crippen LogP contribution in [0.5, 0.6) is 0 Å². The first-order valence-corrected chi connectivity index (χ1v) is 7.71. The molecule has 2 rings (SSSR count). The molecule has 2 N–H and O–H groups in total. The molecule has 1 aliphatic heterocycles. The van der Waals surface area contributed by atoms with Gasteiger partial charge in [0.25, 0.3) is 0 Å². The van der Waals surface area contributed by atoms with Crippen molar-refractivity contribution in [3.63, 3.8) is 0 Å². The highest BCUT2D eigenvalue weighted by Gasteiger charge is 2.30. The van der Waals surface area contributed by atoms with Crippen LogP contribution in [0, 0.1) is 5.92 Å². The number of nitrogens with one attached hydrogen (secondary N) is 1. The maximum Gasteiger partial charge on any atom is 0.307 e. The molecule has 0 aromatic carbocycles. The molecule has 1 fully saturated rings. The molecule has 0 saturated carbocycles. The number of rotatable bonds is 5. The fourth-order valence-electron chi connectivity index (χ4n) is 2.78. The highest BCUT2D eigenvalue weighted by atomic mass is 16.4. The largest absolute Gasteiger partial charge is 0.481 e. The van der Waals surface area contributed by atoms with E-state index in [-0.39, 0.29) is 23.9 Å². The quantitative estimate of drug-likeness (QED) is 0.862. The predicted molar refractivity (Wildman–Crippen MR) is 82.6 cm³/mol. The standard InChI is InChI=1S/C15H24N4O3/c1-10(2)19-13(6-7-16-19)17-14(20)11(3)18-8-4-5-12(9-18)15(21)22/h6-7,10-12H,4-5,8-9H2,1-3H3,(H,17,20)(H,21,22). The monoisotopic (exact) mass is 308 g/mol. The van der Waals surface area contributed by atoms with Gasteiger partial charge >= 0.3 is 5.97 Å². The molecule has 22 heavy (non-hydrogen) atoms. The Labute approximate surface area is 130 Å². The first-order valence-electron chi connectivity index (χ1n) is 7.71. The van der Waals surface area contributed by atoms with E-state index in [9.17, 15) is 9.59 Å². The van der Waals surface area contributed by atoms with Crippen molar-refractivity contribution in [2.75, 3.05) is 18.4 Å². The van der Waals surface area contributed by atoms with Gasteiger partial charge in [-0.05, 0) is 40.2 Å². The van der Waals surface area contributed by atoms with Crippen molar-refractivity contribution < 1.29 is 14.7 Å². The summed E-state index contributed by atoms with van der Waals surface area (Å²) in [5.74, 6) is -0.632. The first-order chi connectivity index (χ1) is 10.4. The number of likely N-dealkylation sites (tertiary alicyclic amines) is 1. The van der Waals surface area contributed by atoms with E-state index in [2.05, 4.69) is 10.4 Å². The van der Waals surface area contributed by atoms with Crippen LogP contribution in [-0.2, 0) is 9.59 Å². The van der Waals surface area contributed by atoms with Crippen molar-refractivity contribution in [1.29, 1.82) is 0 Å². The zero-order valence-electron chi connectivity index (χ0n) is 13.3. The van der Waals surface area contributed by atoms with Gasteiger partial charge in [0.2, 0.25) is 5.91 Å². The van der Waals surface area contributed by atoms with Crippen LogP contribution < -0.4 is 5.32 Å². The molecule has 1 saturated heterocycles. The lowest BCUT2D eigenvalue weighted by Crippen LogP contribution is -2.48. The summed E-state index contributed by atoms with van der Waals surface area (Å²) in [6, 6.07) is 1.56. The molecule has 0 spiro atoms. The van der Waals surface area contributed by atoms with Crippen LogP contribution in [0.1, 0.15) is 39.7 Å². The van der Waals surface area contributed by atoms with Crippen LogP contribution in [-0.4, -0.2) is 50.8 Å². The predicted octanol–water partition coefficient (Wildman–Crippen LogP) is 1.59. The van der Waals surface area contributed by atoms with Gasteiger partial charge in [0.15, 0.2) is 0 Å². The number of hydrogen-bond donors (Lipinski definition) is 2. The van der Waals surface area contributed by atoms with Crippen molar-refractivity contribution in [3.8, 4) is 0 Å². The van der Waals surface area contributed by atoms with E-state index in [1.807, 2.05) is 25.7 Å². The summed E-state index contributed by atoms with van der Waals surface area (Å²) >= 11 is 0. The number of carboxylic acids is 1. The molecule has 2 heterocycles. The van der Waals surface area contributed by atoms with Crippen molar-refractivity contribution in [2.24, 2.45) is 5.92 Å². The Kier molecular flexibility index (Phi) is 5.18. The van der Waals surface area contributed by atoms with Crippen molar-refractivity contribution in [2.45, 2.75) is 45.7 Å². The highest BCUT2D eigenvalue weighted by molar-refractivity contribution is 5.93. The number of carbonyl (C=O) groups is 2. The van der Waals surface area contributed by atoms with Gasteiger partial charge in [0, 0.05) is 18.7 Å². The number of hydrogen-bond acceptors (Lipinski definition) is 4. The second-order valence-electron chi connectivity index (χ2n) is 6.09. The Hall–Kier alpha value is -1.89. The minimum Gasteiger partial charge on any atom is -0.481 e. The number of anilines is 1. The van der Waals surface area contributed by atoms with Crippen LogP contribution in [0.25, 0.3) is 0 Å². The van der Waals surface area contributed by atoms with E-state index in [1.165, 1.54) is 0 Å². The van der Waals surface area contributed by atoms with Crippen molar-refractivity contribution in [1.82, 2.24) is 14.7 Å². The van der Waals surface area contributed by atoms with Crippen LogP contribution in [0.4, 0.5) is 5.82 Å². The van der Waals surface area contributed by atoms with E-state index in [0.717, 1.165) is 13.0 Å². The lowest BCUT2D eigenvalue weighted by molar-refractivity contribution is -0.144. The van der Waals surface area contributed by atoms with Gasteiger partial charge in [-0.15, -0.1) is 0 Å². The van der Waals surface area contributed by atoms with Gasteiger partial charge in [-0.2, -0.15) is 5.10 Å². The average molecular weight is 308 g/mol. The second-order valence-corrected chi connectivity index (χ2v) is 6.09. The Balaban J connectivity index is 1.99. The number of nitrogens with zero attached hydrogens (tertiary/aromatic N) is 3. The molecule has 0 aliphatic carbocycles. The summed E-state index contributed by atoms with van der Waals surface area (Å²) in [6.45, 7) is 6.98. The molecule has 2 unspecified atom stereocenters. The SMILES string of the molecule is CC(C(=O)Nc1ccnn1C(C)C)N1CCCC(C(=O)O)C1. The molecule has 0 bridgehead atoms. The molecule has 1 amide bonds. The third-order valence-electron chi connectivity index (χ3n) is 4.14. The summed E-state index contributed by atoms with van der Waals surface area (Å²) in [5, 5.41) is 16.2. The average Bonchev–Trinajstić information content (AvgIpc) is 2.94. The van der Waals surface area contributed by atoms with Crippen LogP contribution in [0.15, 0.2) is 12.3 Å². The van der Waals surface area contributed by atoms with Crippen molar-refractivity contribution >= 4 is 17.7 Å². The van der Waals surface area contributed by atoms with Gasteiger partial charge in [0.05, 0.1) is 18.2 Å². The Morgan fingerprint density at radius 2 is 2.14 bits per heavy atom. The summed E-state index contributed by atoms with van der Waals surface area (Å²) in [7, 11) is 0. The fraction of sp³-hybridized carbons (Fsp3) is 0.667. The number of piperidine rings is 1. The molecule has 2 atom stereocenters. The Morgan fingerprint density at radius 3 is 2.77 bits per heavy atom. The summed E-state index contributed by atoms with van der Waals surface area (Å²) in [4.78, 5) is 25.5. The number of amides is 1. The third-order valence-corrected chi connectivity index (χ3v) is 4.14. The van der Waals surface area contributed by atoms with Gasteiger partial charge in [-0.25, -0.2) is 4.68 Å². The Morgan fingerprint density at radius 1 is 1.41 bits per heavy atom. The van der Waals surface area contributed by atoms with Crippen LogP contribution >= 0.6 is 0 Å². The minimum absolute atomic E-state index is 0.131. The van der Waals surface area contributed by atoms with Crippen LogP contribution in [0.2, 0.25) is 0 Å². The molecule has 0 radical (unpaired) electrons. The first kappa shape index (κ1) is 16.5. The van der Waals surface area contributed by atoms with E-state index in [0.29, 0.717) is 18.8 Å². The normalized spacial score (nSPS) is 20.8. The fourth-order valence-corrected chi connectivity index (χ4v) is 2.78. The smallest absolute Gasteiger partial charge is 0.307 e. The van der Waals surface area contributed by atoms with E-state index in [1.54, 1.807) is 16.9 Å². The molecule has 1 aliphatic rings. The molecule has 122 valence electrons. The summed E-state index contributed by atoms with van der Waals surface area (Å²) < 4.78 is 1.75. The van der Waals surface area contributed by atoms with Gasteiger partial charge in [0.1, 0.15) is 5.82 Å². The number of aliphatic carboxylic acids is 1. The van der Waals surface area contributed by atoms with Crippen LogP contribution in [0.3, 0.4) is 0 Å². The Bertz CT molecular complexity index is 541. The molecule has 1 aromatic rings. The second kappa shape index (κ2) is 6.91. The van der Waals surface area contributed by atoms with Gasteiger partial charge in [-0.1, -0.05) is 0 Å². The number of carbonyl (C=O) groups excluding carboxylic acids is 1. The number of aromatic nitrogens is 2. The molecule has 1 aromatic heterocycles. The van der Waals surface area contributed by atoms with E-state index in [4.69, 9.17) is 5.11 Å². The zero-order chi connectivity index (χ0) is 16.3. The molecule has 7 nitrogen and oxygen atoms in total. The summed E-state index contributed by atoms with van der Waals surface area (Å²) in [5.41, 5.74) is 0. The van der Waals surface area contributed by atoms with Crippen molar-refractivity contribution in [3.05, 3.63) is 12.3 Å². The lowest BCUT2D eigenvalue weighted by atomic mass is 9.97. The molecule has 7 heteroatoms. The molecular weight excluding hydrogens is 284 g/mol. The number of carboxylic acid groups (broad SMARTS) is 1. The minimum atomic E-state index is -0.782. The van der Waals surface area contributed by atoms with E-state index >= 15 is 0 Å². The van der Waals surface area contributed by atoms with Gasteiger partial charge < -0.3 is 10.4 Å².